The molecule has 2 heterocycles. The molecule has 0 bridgehead atoms. The molecule has 0 radical (unpaired) electrons. The Morgan fingerprint density at radius 3 is 3.04 bits per heavy atom. The van der Waals surface area contributed by atoms with Gasteiger partial charge in [0.05, 0.1) is 11.0 Å². The van der Waals surface area contributed by atoms with Crippen LogP contribution in [0.3, 0.4) is 0 Å². The summed E-state index contributed by atoms with van der Waals surface area (Å²) in [5, 5.41) is 0.704. The van der Waals surface area contributed by atoms with Gasteiger partial charge in [-0.25, -0.2) is 4.98 Å². The second-order valence-electron chi connectivity index (χ2n) is 5.79. The fourth-order valence-corrected chi connectivity index (χ4v) is 3.33. The molecule has 1 atom stereocenters. The van der Waals surface area contributed by atoms with Gasteiger partial charge in [0.1, 0.15) is 6.10 Å². The zero-order chi connectivity index (χ0) is 16.9. The molecule has 0 spiro atoms. The van der Waals surface area contributed by atoms with E-state index < -0.39 is 0 Å². The van der Waals surface area contributed by atoms with Gasteiger partial charge in [-0.15, -0.1) is 0 Å². The number of nitrogens with zero attached hydrogens (tertiary/aromatic N) is 2. The van der Waals surface area contributed by atoms with Crippen LogP contribution in [0.2, 0.25) is 5.02 Å². The van der Waals surface area contributed by atoms with Crippen molar-refractivity contribution in [2.24, 2.45) is 0 Å². The standard InChI is InChI=1S/C18H18BrClN2O2/c19-16-5-2-9-21-18(16)24-15-8-10-22(12-15)17(23)7-6-13-3-1-4-14(20)11-13/h1-5,9,11,15H,6-8,10,12H2. The van der Waals surface area contributed by atoms with E-state index in [-0.39, 0.29) is 12.0 Å². The lowest BCUT2D eigenvalue weighted by molar-refractivity contribution is -0.130. The van der Waals surface area contributed by atoms with E-state index in [9.17, 15) is 4.79 Å². The summed E-state index contributed by atoms with van der Waals surface area (Å²) in [6.07, 6.45) is 3.70. The van der Waals surface area contributed by atoms with E-state index in [4.69, 9.17) is 16.3 Å². The highest BCUT2D eigenvalue weighted by Crippen LogP contribution is 2.24. The summed E-state index contributed by atoms with van der Waals surface area (Å²) < 4.78 is 6.73. The first-order valence-corrected chi connectivity index (χ1v) is 9.08. The fourth-order valence-electron chi connectivity index (χ4n) is 2.77. The molecular weight excluding hydrogens is 392 g/mol. The van der Waals surface area contributed by atoms with Gasteiger partial charge in [-0.05, 0) is 52.2 Å². The number of aryl methyl sites for hydroxylation is 1. The SMILES string of the molecule is O=C(CCc1cccc(Cl)c1)N1CCC(Oc2ncccc2Br)C1. The van der Waals surface area contributed by atoms with Crippen molar-refractivity contribution in [1.29, 1.82) is 0 Å². The average Bonchev–Trinajstić information content (AvgIpc) is 3.04. The van der Waals surface area contributed by atoms with E-state index in [1.807, 2.05) is 41.3 Å². The van der Waals surface area contributed by atoms with Crippen molar-refractivity contribution in [3.05, 3.63) is 57.7 Å². The molecule has 1 saturated heterocycles. The van der Waals surface area contributed by atoms with Crippen molar-refractivity contribution in [3.8, 4) is 5.88 Å². The zero-order valence-electron chi connectivity index (χ0n) is 13.1. The van der Waals surface area contributed by atoms with E-state index in [1.54, 1.807) is 6.20 Å². The normalized spacial score (nSPS) is 17.1. The second kappa shape index (κ2) is 7.99. The minimum Gasteiger partial charge on any atom is -0.472 e. The topological polar surface area (TPSA) is 42.4 Å². The maximum atomic E-state index is 12.4. The van der Waals surface area contributed by atoms with Gasteiger partial charge in [-0.3, -0.25) is 4.79 Å². The van der Waals surface area contributed by atoms with Crippen LogP contribution in [0.15, 0.2) is 47.1 Å². The minimum atomic E-state index is -0.00804. The number of hydrogen-bond donors (Lipinski definition) is 0. The van der Waals surface area contributed by atoms with E-state index in [1.165, 1.54) is 0 Å². The Balaban J connectivity index is 1.50. The highest BCUT2D eigenvalue weighted by molar-refractivity contribution is 9.10. The van der Waals surface area contributed by atoms with Gasteiger partial charge in [-0.1, -0.05) is 23.7 Å². The number of aromatic nitrogens is 1. The summed E-state index contributed by atoms with van der Waals surface area (Å²) in [4.78, 5) is 18.5. The number of halogens is 2. The van der Waals surface area contributed by atoms with Crippen molar-refractivity contribution in [1.82, 2.24) is 9.88 Å². The molecule has 6 heteroatoms. The van der Waals surface area contributed by atoms with Crippen LogP contribution in [-0.4, -0.2) is 35.0 Å². The van der Waals surface area contributed by atoms with Gasteiger partial charge >= 0.3 is 0 Å². The molecule has 126 valence electrons. The smallest absolute Gasteiger partial charge is 0.228 e. The monoisotopic (exact) mass is 408 g/mol. The van der Waals surface area contributed by atoms with Crippen molar-refractivity contribution in [2.45, 2.75) is 25.4 Å². The molecule has 24 heavy (non-hydrogen) atoms. The zero-order valence-corrected chi connectivity index (χ0v) is 15.5. The van der Waals surface area contributed by atoms with E-state index in [2.05, 4.69) is 20.9 Å². The lowest BCUT2D eigenvalue weighted by atomic mass is 10.1. The maximum absolute atomic E-state index is 12.4. The third-order valence-corrected chi connectivity index (χ3v) is 4.86. The first kappa shape index (κ1) is 17.2. The summed E-state index contributed by atoms with van der Waals surface area (Å²) in [6.45, 7) is 1.33. The number of amides is 1. The molecule has 1 aromatic heterocycles. The summed E-state index contributed by atoms with van der Waals surface area (Å²) in [6, 6.07) is 11.4. The van der Waals surface area contributed by atoms with Crippen molar-refractivity contribution in [3.63, 3.8) is 0 Å². The van der Waals surface area contributed by atoms with E-state index in [0.717, 1.165) is 23.0 Å². The molecule has 4 nitrogen and oxygen atoms in total. The molecule has 1 aliphatic heterocycles. The van der Waals surface area contributed by atoms with Gasteiger partial charge in [-0.2, -0.15) is 0 Å². The molecule has 3 rings (SSSR count). The Labute approximate surface area is 154 Å². The van der Waals surface area contributed by atoms with Crippen LogP contribution in [0, 0.1) is 0 Å². The number of rotatable bonds is 5. The van der Waals surface area contributed by atoms with Crippen LogP contribution in [-0.2, 0) is 11.2 Å². The van der Waals surface area contributed by atoms with Gasteiger partial charge < -0.3 is 9.64 Å². The number of ether oxygens (including phenoxy) is 1. The number of likely N-dealkylation sites (tertiary alicyclic amines) is 1. The lowest BCUT2D eigenvalue weighted by Gasteiger charge is -2.17. The molecule has 1 fully saturated rings. The number of carbonyl (C=O) groups is 1. The first-order chi connectivity index (χ1) is 11.6. The van der Waals surface area contributed by atoms with Gasteiger partial charge in [0.15, 0.2) is 0 Å². The van der Waals surface area contributed by atoms with Crippen molar-refractivity contribution in [2.75, 3.05) is 13.1 Å². The predicted octanol–water partition coefficient (Wildman–Crippen LogP) is 4.11. The molecular formula is C18H18BrClN2O2. The Kier molecular flexibility index (Phi) is 5.74. The van der Waals surface area contributed by atoms with Gasteiger partial charge in [0.2, 0.25) is 11.8 Å². The summed E-state index contributed by atoms with van der Waals surface area (Å²) in [7, 11) is 0. The van der Waals surface area contributed by atoms with Gasteiger partial charge in [0, 0.05) is 30.6 Å². The Bertz CT molecular complexity index is 726. The maximum Gasteiger partial charge on any atom is 0.228 e. The summed E-state index contributed by atoms with van der Waals surface area (Å²) in [5.41, 5.74) is 1.08. The first-order valence-electron chi connectivity index (χ1n) is 7.91. The van der Waals surface area contributed by atoms with Crippen LogP contribution in [0.25, 0.3) is 0 Å². The number of hydrogen-bond acceptors (Lipinski definition) is 3. The number of benzene rings is 1. The molecule has 1 aromatic carbocycles. The molecule has 1 unspecified atom stereocenters. The molecule has 0 aliphatic carbocycles. The molecule has 1 aliphatic rings. The fraction of sp³-hybridized carbons (Fsp3) is 0.333. The van der Waals surface area contributed by atoms with Gasteiger partial charge in [0.25, 0.3) is 0 Å². The highest BCUT2D eigenvalue weighted by atomic mass is 79.9. The van der Waals surface area contributed by atoms with Crippen LogP contribution >= 0.6 is 27.5 Å². The second-order valence-corrected chi connectivity index (χ2v) is 7.08. The van der Waals surface area contributed by atoms with Crippen LogP contribution in [0.4, 0.5) is 0 Å². The molecule has 2 aromatic rings. The Morgan fingerprint density at radius 2 is 2.25 bits per heavy atom. The van der Waals surface area contributed by atoms with E-state index >= 15 is 0 Å². The number of carbonyl (C=O) groups excluding carboxylic acids is 1. The third-order valence-electron chi connectivity index (χ3n) is 4.02. The van der Waals surface area contributed by atoms with Crippen molar-refractivity contribution >= 4 is 33.4 Å². The van der Waals surface area contributed by atoms with Crippen LogP contribution < -0.4 is 4.74 Å². The van der Waals surface area contributed by atoms with E-state index in [0.29, 0.717) is 30.3 Å². The molecule has 0 saturated carbocycles. The Morgan fingerprint density at radius 1 is 1.38 bits per heavy atom. The lowest BCUT2D eigenvalue weighted by Crippen LogP contribution is -2.31. The third kappa shape index (κ3) is 4.48. The quantitative estimate of drug-likeness (QED) is 0.746. The minimum absolute atomic E-state index is 0.00804. The molecule has 1 amide bonds. The van der Waals surface area contributed by atoms with Crippen molar-refractivity contribution < 1.29 is 9.53 Å². The molecule has 0 N–H and O–H groups in total. The van der Waals surface area contributed by atoms with Crippen LogP contribution in [0.1, 0.15) is 18.4 Å². The predicted molar refractivity (Wildman–Crippen MR) is 97.3 cm³/mol. The highest BCUT2D eigenvalue weighted by Gasteiger charge is 2.28. The largest absolute Gasteiger partial charge is 0.472 e. The number of pyridine rings is 1. The summed E-state index contributed by atoms with van der Waals surface area (Å²) in [5.74, 6) is 0.733. The summed E-state index contributed by atoms with van der Waals surface area (Å²) >= 11 is 9.40. The van der Waals surface area contributed by atoms with Crippen LogP contribution in [0.5, 0.6) is 5.88 Å². The average molecular weight is 410 g/mol. The Hall–Kier alpha value is -1.59.